The van der Waals surface area contributed by atoms with E-state index in [1.54, 1.807) is 0 Å². The molecule has 2 unspecified atom stereocenters. The molecule has 2 heteroatoms. The third kappa shape index (κ3) is 1.10. The Bertz CT molecular complexity index is 222. The van der Waals surface area contributed by atoms with Gasteiger partial charge in [-0.1, -0.05) is 0 Å². The van der Waals surface area contributed by atoms with Gasteiger partial charge in [0.15, 0.2) is 0 Å². The van der Waals surface area contributed by atoms with E-state index in [-0.39, 0.29) is 0 Å². The molecular formula is C12H22N2. The number of hydrogen-bond acceptors (Lipinski definition) is 2. The van der Waals surface area contributed by atoms with Crippen LogP contribution >= 0.6 is 0 Å². The molecule has 4 bridgehead atoms. The average molecular weight is 194 g/mol. The molecule has 14 heavy (non-hydrogen) atoms. The molecule has 2 atom stereocenters. The second-order valence-corrected chi connectivity index (χ2v) is 5.99. The smallest absolute Gasteiger partial charge is 0.0121 e. The zero-order valence-corrected chi connectivity index (χ0v) is 9.13. The second kappa shape index (κ2) is 2.96. The zero-order chi connectivity index (χ0) is 9.76. The van der Waals surface area contributed by atoms with Gasteiger partial charge in [-0.3, -0.25) is 0 Å². The van der Waals surface area contributed by atoms with Crippen molar-refractivity contribution in [1.82, 2.24) is 5.32 Å². The van der Waals surface area contributed by atoms with Crippen molar-refractivity contribution in [1.29, 1.82) is 0 Å². The molecule has 0 radical (unpaired) electrons. The Morgan fingerprint density at radius 3 is 2.36 bits per heavy atom. The van der Waals surface area contributed by atoms with Crippen LogP contribution in [-0.2, 0) is 0 Å². The van der Waals surface area contributed by atoms with Crippen molar-refractivity contribution in [2.45, 2.75) is 38.1 Å². The summed E-state index contributed by atoms with van der Waals surface area (Å²) in [5, 5.41) is 3.55. The Labute approximate surface area is 86.6 Å². The van der Waals surface area contributed by atoms with Crippen molar-refractivity contribution in [2.75, 3.05) is 13.6 Å². The minimum Gasteiger partial charge on any atom is -0.330 e. The Morgan fingerprint density at radius 1 is 1.21 bits per heavy atom. The van der Waals surface area contributed by atoms with Crippen LogP contribution in [-0.4, -0.2) is 19.6 Å². The van der Waals surface area contributed by atoms with Crippen LogP contribution < -0.4 is 11.1 Å². The van der Waals surface area contributed by atoms with Gasteiger partial charge in [0, 0.05) is 6.04 Å². The molecule has 80 valence electrons. The Kier molecular flexibility index (Phi) is 1.94. The van der Waals surface area contributed by atoms with Crippen LogP contribution in [0.25, 0.3) is 0 Å². The lowest BCUT2D eigenvalue weighted by Crippen LogP contribution is -2.59. The molecule has 3 N–H and O–H groups in total. The van der Waals surface area contributed by atoms with E-state index in [9.17, 15) is 0 Å². The summed E-state index contributed by atoms with van der Waals surface area (Å²) in [7, 11) is 2.14. The van der Waals surface area contributed by atoms with Gasteiger partial charge in [0.05, 0.1) is 0 Å². The topological polar surface area (TPSA) is 38.0 Å². The number of hydrogen-bond donors (Lipinski definition) is 2. The predicted molar refractivity (Wildman–Crippen MR) is 57.9 cm³/mol. The molecule has 0 saturated heterocycles. The molecule has 0 aromatic heterocycles. The Balaban J connectivity index is 1.88. The minimum absolute atomic E-state index is 0.559. The summed E-state index contributed by atoms with van der Waals surface area (Å²) < 4.78 is 0. The molecule has 4 fully saturated rings. The summed E-state index contributed by atoms with van der Waals surface area (Å²) in [4.78, 5) is 0. The van der Waals surface area contributed by atoms with Crippen LogP contribution in [0.4, 0.5) is 0 Å². The summed E-state index contributed by atoms with van der Waals surface area (Å²) in [5.74, 6) is 2.89. The van der Waals surface area contributed by atoms with Crippen LogP contribution in [0.3, 0.4) is 0 Å². The summed E-state index contributed by atoms with van der Waals surface area (Å²) in [5.41, 5.74) is 6.55. The summed E-state index contributed by atoms with van der Waals surface area (Å²) in [6, 6.07) is 0.811. The van der Waals surface area contributed by atoms with Crippen molar-refractivity contribution in [3.63, 3.8) is 0 Å². The molecule has 0 aromatic carbocycles. The molecule has 4 aliphatic rings. The lowest BCUT2D eigenvalue weighted by Gasteiger charge is -2.60. The van der Waals surface area contributed by atoms with Crippen molar-refractivity contribution in [2.24, 2.45) is 28.9 Å². The highest BCUT2D eigenvalue weighted by Gasteiger charge is 2.54. The van der Waals surface area contributed by atoms with E-state index >= 15 is 0 Å². The van der Waals surface area contributed by atoms with E-state index in [1.165, 1.54) is 32.1 Å². The van der Waals surface area contributed by atoms with Gasteiger partial charge < -0.3 is 11.1 Å². The third-order valence-electron chi connectivity index (χ3n) is 5.17. The van der Waals surface area contributed by atoms with Gasteiger partial charge in [-0.2, -0.15) is 0 Å². The standard InChI is InChI=1S/C12H22N2/c1-14-11-9-2-8-3-10(11)6-12(4-8,5-9)7-13/h8-11,14H,2-7,13H2,1H3. The van der Waals surface area contributed by atoms with Gasteiger partial charge >= 0.3 is 0 Å². The number of rotatable bonds is 2. The molecule has 0 spiro atoms. The maximum atomic E-state index is 5.99. The van der Waals surface area contributed by atoms with Crippen molar-refractivity contribution < 1.29 is 0 Å². The van der Waals surface area contributed by atoms with Gasteiger partial charge in [-0.25, -0.2) is 0 Å². The van der Waals surface area contributed by atoms with Crippen LogP contribution in [0.15, 0.2) is 0 Å². The van der Waals surface area contributed by atoms with E-state index in [0.717, 1.165) is 30.3 Å². The molecule has 0 aliphatic heterocycles. The first-order valence-electron chi connectivity index (χ1n) is 6.14. The molecule has 0 heterocycles. The number of nitrogens with one attached hydrogen (secondary N) is 1. The van der Waals surface area contributed by atoms with Crippen molar-refractivity contribution in [3.05, 3.63) is 0 Å². The molecule has 4 saturated carbocycles. The highest BCUT2D eigenvalue weighted by Crippen LogP contribution is 2.59. The van der Waals surface area contributed by atoms with E-state index in [4.69, 9.17) is 5.73 Å². The molecule has 2 nitrogen and oxygen atoms in total. The first kappa shape index (κ1) is 9.17. The van der Waals surface area contributed by atoms with E-state index in [0.29, 0.717) is 5.41 Å². The quantitative estimate of drug-likeness (QED) is 0.696. The molecule has 0 amide bonds. The maximum absolute atomic E-state index is 5.99. The second-order valence-electron chi connectivity index (χ2n) is 5.99. The van der Waals surface area contributed by atoms with Gasteiger partial charge in [0.25, 0.3) is 0 Å². The fraction of sp³-hybridized carbons (Fsp3) is 1.00. The lowest BCUT2D eigenvalue weighted by molar-refractivity contribution is -0.0694. The summed E-state index contributed by atoms with van der Waals surface area (Å²) >= 11 is 0. The van der Waals surface area contributed by atoms with Crippen LogP contribution in [0.5, 0.6) is 0 Å². The van der Waals surface area contributed by atoms with Crippen LogP contribution in [0, 0.1) is 23.2 Å². The molecule has 4 rings (SSSR count). The van der Waals surface area contributed by atoms with Gasteiger partial charge in [-0.15, -0.1) is 0 Å². The summed E-state index contributed by atoms with van der Waals surface area (Å²) in [6.45, 7) is 0.937. The molecule has 0 aromatic rings. The first-order chi connectivity index (χ1) is 6.76. The van der Waals surface area contributed by atoms with Crippen molar-refractivity contribution >= 4 is 0 Å². The molecule has 4 aliphatic carbocycles. The largest absolute Gasteiger partial charge is 0.330 e. The van der Waals surface area contributed by atoms with E-state index in [1.807, 2.05) is 0 Å². The van der Waals surface area contributed by atoms with Crippen molar-refractivity contribution in [3.8, 4) is 0 Å². The first-order valence-corrected chi connectivity index (χ1v) is 6.14. The summed E-state index contributed by atoms with van der Waals surface area (Å²) in [6.07, 6.45) is 7.20. The monoisotopic (exact) mass is 194 g/mol. The number of nitrogens with two attached hydrogens (primary N) is 1. The zero-order valence-electron chi connectivity index (χ0n) is 9.13. The van der Waals surface area contributed by atoms with E-state index < -0.39 is 0 Å². The van der Waals surface area contributed by atoms with Crippen LogP contribution in [0.1, 0.15) is 32.1 Å². The third-order valence-corrected chi connectivity index (χ3v) is 5.17. The highest BCUT2D eigenvalue weighted by molar-refractivity contribution is 5.07. The van der Waals surface area contributed by atoms with Gasteiger partial charge in [0.1, 0.15) is 0 Å². The Morgan fingerprint density at radius 2 is 1.86 bits per heavy atom. The fourth-order valence-electron chi connectivity index (χ4n) is 4.91. The maximum Gasteiger partial charge on any atom is 0.0121 e. The lowest BCUT2D eigenvalue weighted by atomic mass is 9.48. The average Bonchev–Trinajstić information content (AvgIpc) is 2.17. The minimum atomic E-state index is 0.559. The van der Waals surface area contributed by atoms with Gasteiger partial charge in [-0.05, 0) is 68.9 Å². The highest BCUT2D eigenvalue weighted by atomic mass is 14.9. The SMILES string of the molecule is CNC1C2CC3CC1CC(CN)(C3)C2. The predicted octanol–water partition coefficient (Wildman–Crippen LogP) is 1.36. The van der Waals surface area contributed by atoms with E-state index in [2.05, 4.69) is 12.4 Å². The van der Waals surface area contributed by atoms with Crippen LogP contribution in [0.2, 0.25) is 0 Å². The fourth-order valence-corrected chi connectivity index (χ4v) is 4.91. The van der Waals surface area contributed by atoms with Gasteiger partial charge in [0.2, 0.25) is 0 Å². The molecular weight excluding hydrogens is 172 g/mol. The Hall–Kier alpha value is -0.0800. The normalized spacial score (nSPS) is 55.3.